The van der Waals surface area contributed by atoms with Gasteiger partial charge in [-0.15, -0.1) is 0 Å². The zero-order valence-electron chi connectivity index (χ0n) is 14.4. The monoisotopic (exact) mass is 354 g/mol. The summed E-state index contributed by atoms with van der Waals surface area (Å²) in [4.78, 5) is 37.1. The number of hydrogen-bond donors (Lipinski definition) is 2. The van der Waals surface area contributed by atoms with Crippen molar-refractivity contribution in [1.82, 2.24) is 20.6 Å². The van der Waals surface area contributed by atoms with E-state index in [0.717, 1.165) is 0 Å². The summed E-state index contributed by atoms with van der Waals surface area (Å²) in [6, 6.07) is 8.25. The third-order valence-corrected chi connectivity index (χ3v) is 3.91. The molecular weight excluding hydrogens is 336 g/mol. The van der Waals surface area contributed by atoms with Gasteiger partial charge in [-0.2, -0.15) is 5.10 Å². The highest BCUT2D eigenvalue weighted by molar-refractivity contribution is 6.06. The first-order valence-corrected chi connectivity index (χ1v) is 8.17. The molecule has 0 fully saturated rings. The van der Waals surface area contributed by atoms with Crippen LogP contribution in [-0.2, 0) is 6.54 Å². The van der Waals surface area contributed by atoms with Gasteiger partial charge in [-0.3, -0.25) is 25.2 Å². The summed E-state index contributed by atoms with van der Waals surface area (Å²) in [6.07, 6.45) is 2.09. The molecule has 3 aromatic rings. The minimum Gasteiger partial charge on any atom is -0.469 e. The number of benzene rings is 1. The van der Waals surface area contributed by atoms with Gasteiger partial charge in [0.05, 0.1) is 17.2 Å². The van der Waals surface area contributed by atoms with Crippen LogP contribution in [0.3, 0.4) is 0 Å². The van der Waals surface area contributed by atoms with E-state index >= 15 is 0 Å². The summed E-state index contributed by atoms with van der Waals surface area (Å²) in [6.45, 7) is 3.95. The van der Waals surface area contributed by atoms with Crippen molar-refractivity contribution >= 4 is 22.6 Å². The van der Waals surface area contributed by atoms with Crippen molar-refractivity contribution in [3.05, 3.63) is 64.0 Å². The second kappa shape index (κ2) is 7.22. The summed E-state index contributed by atoms with van der Waals surface area (Å²) >= 11 is 0. The molecule has 26 heavy (non-hydrogen) atoms. The predicted octanol–water partition coefficient (Wildman–Crippen LogP) is 1.78. The van der Waals surface area contributed by atoms with Crippen molar-refractivity contribution in [2.24, 2.45) is 0 Å². The lowest BCUT2D eigenvalue weighted by Crippen LogP contribution is -2.42. The van der Waals surface area contributed by atoms with E-state index in [0.29, 0.717) is 35.1 Å². The first-order chi connectivity index (χ1) is 12.5. The number of rotatable bonds is 4. The third kappa shape index (κ3) is 3.21. The summed E-state index contributed by atoms with van der Waals surface area (Å²) < 4.78 is 6.33. The molecular formula is C18H18N4O4. The molecule has 0 aliphatic rings. The molecule has 2 amide bonds. The van der Waals surface area contributed by atoms with E-state index in [1.54, 1.807) is 31.2 Å². The average Bonchev–Trinajstić information content (AvgIpc) is 3.08. The molecule has 0 unspecified atom stereocenters. The van der Waals surface area contributed by atoms with E-state index < -0.39 is 11.8 Å². The summed E-state index contributed by atoms with van der Waals surface area (Å²) in [5.41, 5.74) is 4.80. The Morgan fingerprint density at radius 2 is 1.81 bits per heavy atom. The third-order valence-electron chi connectivity index (χ3n) is 3.91. The molecule has 0 aliphatic heterocycles. The van der Waals surface area contributed by atoms with Crippen LogP contribution in [0.1, 0.15) is 40.0 Å². The van der Waals surface area contributed by atoms with Crippen LogP contribution in [0.25, 0.3) is 10.8 Å². The Hall–Kier alpha value is -3.42. The molecule has 0 radical (unpaired) electrons. The van der Waals surface area contributed by atoms with Crippen LogP contribution in [-0.4, -0.2) is 21.6 Å². The van der Waals surface area contributed by atoms with Crippen molar-refractivity contribution in [2.45, 2.75) is 26.8 Å². The molecule has 0 bridgehead atoms. The molecule has 0 spiro atoms. The zero-order chi connectivity index (χ0) is 18.7. The van der Waals surface area contributed by atoms with E-state index in [9.17, 15) is 14.4 Å². The molecule has 134 valence electrons. The summed E-state index contributed by atoms with van der Waals surface area (Å²) in [7, 11) is 0. The smallest absolute Gasteiger partial charge is 0.290 e. The number of carbonyl (C=O) groups excluding carboxylic acids is 2. The van der Waals surface area contributed by atoms with Crippen LogP contribution in [0.2, 0.25) is 0 Å². The van der Waals surface area contributed by atoms with Crippen LogP contribution in [0, 0.1) is 6.92 Å². The fraction of sp³-hybridized carbons (Fsp3) is 0.222. The van der Waals surface area contributed by atoms with Gasteiger partial charge < -0.3 is 4.42 Å². The Morgan fingerprint density at radius 3 is 2.46 bits per heavy atom. The molecule has 0 aliphatic carbocycles. The Balaban J connectivity index is 1.90. The van der Waals surface area contributed by atoms with Crippen LogP contribution in [0.15, 0.2) is 45.8 Å². The fourth-order valence-electron chi connectivity index (χ4n) is 2.63. The Morgan fingerprint density at radius 1 is 1.12 bits per heavy atom. The number of aromatic nitrogens is 2. The first kappa shape index (κ1) is 17.4. The number of amides is 2. The number of hydrogen-bond acceptors (Lipinski definition) is 5. The number of nitrogens with zero attached hydrogens (tertiary/aromatic N) is 2. The van der Waals surface area contributed by atoms with Gasteiger partial charge in [-0.1, -0.05) is 25.1 Å². The zero-order valence-corrected chi connectivity index (χ0v) is 14.4. The largest absolute Gasteiger partial charge is 0.469 e. The van der Waals surface area contributed by atoms with Crippen molar-refractivity contribution in [2.75, 3.05) is 0 Å². The number of fused-ring (bicyclic) bond motifs is 1. The van der Waals surface area contributed by atoms with Crippen LogP contribution in [0.5, 0.6) is 0 Å². The fourth-order valence-corrected chi connectivity index (χ4v) is 2.63. The highest BCUT2D eigenvalue weighted by atomic mass is 16.3. The van der Waals surface area contributed by atoms with Gasteiger partial charge in [0.15, 0.2) is 5.69 Å². The van der Waals surface area contributed by atoms with Gasteiger partial charge in [0.2, 0.25) is 0 Å². The van der Waals surface area contributed by atoms with Gasteiger partial charge in [0, 0.05) is 11.9 Å². The topological polar surface area (TPSA) is 106 Å². The molecule has 8 heteroatoms. The highest BCUT2D eigenvalue weighted by Crippen LogP contribution is 2.13. The molecule has 2 heterocycles. The molecule has 3 rings (SSSR count). The normalized spacial score (nSPS) is 10.7. The van der Waals surface area contributed by atoms with Gasteiger partial charge >= 0.3 is 0 Å². The molecule has 2 aromatic heterocycles. The Bertz CT molecular complexity index is 1040. The maximum atomic E-state index is 12.6. The maximum Gasteiger partial charge on any atom is 0.290 e. The number of hydrazine groups is 1. The van der Waals surface area contributed by atoms with E-state index in [2.05, 4.69) is 16.0 Å². The SMILES string of the molecule is CCCn1nc(C(=O)NNC(=O)c2ccoc2C)c2ccccc2c1=O. The average molecular weight is 354 g/mol. The summed E-state index contributed by atoms with van der Waals surface area (Å²) in [5.74, 6) is -0.673. The Kier molecular flexibility index (Phi) is 4.83. The molecule has 2 N–H and O–H groups in total. The minimum atomic E-state index is -0.611. The van der Waals surface area contributed by atoms with Gasteiger partial charge in [-0.25, -0.2) is 4.68 Å². The molecule has 0 saturated heterocycles. The molecule has 1 aromatic carbocycles. The van der Waals surface area contributed by atoms with Crippen LogP contribution in [0.4, 0.5) is 0 Å². The molecule has 0 atom stereocenters. The van der Waals surface area contributed by atoms with Crippen molar-refractivity contribution < 1.29 is 14.0 Å². The number of furan rings is 1. The maximum absolute atomic E-state index is 12.6. The predicted molar refractivity (Wildman–Crippen MR) is 94.7 cm³/mol. The van der Waals surface area contributed by atoms with Crippen molar-refractivity contribution in [3.63, 3.8) is 0 Å². The van der Waals surface area contributed by atoms with Crippen LogP contribution < -0.4 is 16.4 Å². The molecule has 0 saturated carbocycles. The van der Waals surface area contributed by atoms with E-state index in [1.807, 2.05) is 6.92 Å². The molecule has 8 nitrogen and oxygen atoms in total. The van der Waals surface area contributed by atoms with Crippen LogP contribution >= 0.6 is 0 Å². The lowest BCUT2D eigenvalue weighted by atomic mass is 10.1. The minimum absolute atomic E-state index is 0.0675. The van der Waals surface area contributed by atoms with E-state index in [4.69, 9.17) is 4.42 Å². The van der Waals surface area contributed by atoms with Gasteiger partial charge in [0.1, 0.15) is 5.76 Å². The van der Waals surface area contributed by atoms with E-state index in [-0.39, 0.29) is 11.3 Å². The standard InChI is InChI=1S/C18H18N4O4/c1-3-9-22-18(25)14-7-5-4-6-13(14)15(21-22)17(24)20-19-16(23)12-8-10-26-11(12)2/h4-8,10H,3,9H2,1-2H3,(H,19,23)(H,20,24). The lowest BCUT2D eigenvalue weighted by Gasteiger charge is -2.11. The first-order valence-electron chi connectivity index (χ1n) is 8.17. The van der Waals surface area contributed by atoms with Gasteiger partial charge in [0.25, 0.3) is 17.4 Å². The van der Waals surface area contributed by atoms with Crippen molar-refractivity contribution in [1.29, 1.82) is 0 Å². The quantitative estimate of drug-likeness (QED) is 0.695. The highest BCUT2D eigenvalue weighted by Gasteiger charge is 2.18. The number of carbonyl (C=O) groups is 2. The van der Waals surface area contributed by atoms with E-state index in [1.165, 1.54) is 17.0 Å². The van der Waals surface area contributed by atoms with Crippen molar-refractivity contribution in [3.8, 4) is 0 Å². The lowest BCUT2D eigenvalue weighted by molar-refractivity contribution is 0.0842. The number of nitrogens with one attached hydrogen (secondary N) is 2. The van der Waals surface area contributed by atoms with Gasteiger partial charge in [-0.05, 0) is 25.5 Å². The summed E-state index contributed by atoms with van der Waals surface area (Å²) in [5, 5.41) is 5.00. The number of aryl methyl sites for hydroxylation is 2. The second-order valence-corrected chi connectivity index (χ2v) is 5.72. The Labute approximate surface area is 148 Å². The second-order valence-electron chi connectivity index (χ2n) is 5.72.